The van der Waals surface area contributed by atoms with Crippen molar-refractivity contribution in [1.82, 2.24) is 30.2 Å². The van der Waals surface area contributed by atoms with E-state index in [-0.39, 0.29) is 35.3 Å². The van der Waals surface area contributed by atoms with Crippen LogP contribution in [0.1, 0.15) is 55.7 Å². The topological polar surface area (TPSA) is 148 Å². The first-order valence-corrected chi connectivity index (χ1v) is 12.5. The minimum absolute atomic E-state index is 0.00102. The molecule has 0 fully saturated rings. The van der Waals surface area contributed by atoms with Gasteiger partial charge in [-0.15, -0.1) is 18.3 Å². The van der Waals surface area contributed by atoms with Crippen molar-refractivity contribution in [3.63, 3.8) is 0 Å². The predicted octanol–water partition coefficient (Wildman–Crippen LogP) is 3.68. The van der Waals surface area contributed by atoms with Crippen molar-refractivity contribution in [3.8, 4) is 5.75 Å². The summed E-state index contributed by atoms with van der Waals surface area (Å²) < 4.78 is 56.2. The van der Waals surface area contributed by atoms with Crippen molar-refractivity contribution in [2.24, 2.45) is 15.4 Å². The van der Waals surface area contributed by atoms with Gasteiger partial charge in [0.15, 0.2) is 11.6 Å². The van der Waals surface area contributed by atoms with Crippen LogP contribution in [0, 0.1) is 5.82 Å². The Kier molecular flexibility index (Phi) is 6.80. The molecule has 2 aromatic carbocycles. The molecule has 0 radical (unpaired) electrons. The number of aryl methyl sites for hydroxylation is 1. The maximum Gasteiger partial charge on any atom is 0.573 e. The van der Waals surface area contributed by atoms with Gasteiger partial charge in [0.25, 0.3) is 17.6 Å². The molecule has 0 saturated heterocycles. The molecule has 3 heterocycles. The molecule has 6 rings (SSSR count). The summed E-state index contributed by atoms with van der Waals surface area (Å²) in [7, 11) is 0. The van der Waals surface area contributed by atoms with Crippen LogP contribution in [0.25, 0.3) is 5.78 Å². The highest BCUT2D eigenvalue weighted by Gasteiger charge is 2.32. The van der Waals surface area contributed by atoms with Crippen LogP contribution < -0.4 is 15.4 Å². The van der Waals surface area contributed by atoms with Gasteiger partial charge in [0, 0.05) is 18.2 Å². The maximum atomic E-state index is 13.7. The van der Waals surface area contributed by atoms with E-state index in [2.05, 4.69) is 45.9 Å². The second-order valence-corrected chi connectivity index (χ2v) is 9.41. The lowest BCUT2D eigenvalue weighted by Gasteiger charge is -2.15. The minimum Gasteiger partial charge on any atom is -0.403 e. The normalized spacial score (nSPS) is 15.9. The fourth-order valence-corrected chi connectivity index (χ4v) is 4.77. The molecule has 0 saturated carbocycles. The van der Waals surface area contributed by atoms with Gasteiger partial charge in [-0.3, -0.25) is 9.59 Å². The Hall–Kier alpha value is -5.28. The van der Waals surface area contributed by atoms with Gasteiger partial charge in [-0.25, -0.2) is 9.37 Å². The summed E-state index contributed by atoms with van der Waals surface area (Å²) in [5.74, 6) is -3.52. The van der Waals surface area contributed by atoms with E-state index in [0.29, 0.717) is 13.0 Å². The third kappa shape index (κ3) is 5.50. The third-order valence-electron chi connectivity index (χ3n) is 6.70. The number of hydrogen-bond acceptors (Lipinski definition) is 9. The highest BCUT2D eigenvalue weighted by molar-refractivity contribution is 6.03. The summed E-state index contributed by atoms with van der Waals surface area (Å²) in [5.41, 5.74) is 3.67. The van der Waals surface area contributed by atoms with Gasteiger partial charge < -0.3 is 15.4 Å². The number of amides is 2. The van der Waals surface area contributed by atoms with Gasteiger partial charge in [0.2, 0.25) is 0 Å². The number of carbonyl (C=O) groups excluding carboxylic acids is 2. The number of carbonyl (C=O) groups is 2. The van der Waals surface area contributed by atoms with Crippen LogP contribution in [0.2, 0.25) is 0 Å². The van der Waals surface area contributed by atoms with Crippen LogP contribution in [-0.4, -0.2) is 50.0 Å². The van der Waals surface area contributed by atoms with Crippen LogP contribution in [0.4, 0.5) is 17.6 Å². The van der Waals surface area contributed by atoms with E-state index in [9.17, 15) is 27.2 Å². The lowest BCUT2D eigenvalue weighted by molar-refractivity contribution is -0.275. The lowest BCUT2D eigenvalue weighted by atomic mass is 10.0. The highest BCUT2D eigenvalue weighted by atomic mass is 19.4. The van der Waals surface area contributed by atoms with Crippen LogP contribution in [0.5, 0.6) is 5.75 Å². The van der Waals surface area contributed by atoms with Crippen molar-refractivity contribution in [3.05, 3.63) is 88.3 Å². The molecule has 0 unspecified atom stereocenters. The van der Waals surface area contributed by atoms with Gasteiger partial charge in [-0.05, 0) is 53.0 Å². The van der Waals surface area contributed by atoms with Gasteiger partial charge in [0.1, 0.15) is 24.3 Å². The van der Waals surface area contributed by atoms with Gasteiger partial charge >= 0.3 is 6.36 Å². The molecule has 1 aliphatic heterocycles. The number of fused-ring (bicyclic) bond motifs is 2. The molecule has 12 nitrogen and oxygen atoms in total. The summed E-state index contributed by atoms with van der Waals surface area (Å²) in [4.78, 5) is 34.4. The Morgan fingerprint density at radius 1 is 1.10 bits per heavy atom. The van der Waals surface area contributed by atoms with E-state index in [1.807, 2.05) is 18.2 Å². The Bertz CT molecular complexity index is 1780. The number of hydrogen-bond donors (Lipinski definition) is 2. The third-order valence-corrected chi connectivity index (χ3v) is 6.70. The number of aromatic nitrogens is 4. The van der Waals surface area contributed by atoms with Crippen molar-refractivity contribution in [2.45, 2.75) is 31.8 Å². The SMILES string of the molecule is O=C(NCc1ccc(F)c(OC(F)(F)F)c1)c1cc(C(=O)N[C@H]2CCc3cc(C4=NN=NC4)ccc32)n2ncnc2n1. The first kappa shape index (κ1) is 26.9. The molecule has 214 valence electrons. The molecule has 16 heteroatoms. The average molecular weight is 581 g/mol. The zero-order valence-corrected chi connectivity index (χ0v) is 21.4. The molecular formula is C26H19F4N9O3. The van der Waals surface area contributed by atoms with Gasteiger partial charge in [0.05, 0.1) is 11.8 Å². The van der Waals surface area contributed by atoms with E-state index in [1.54, 1.807) is 0 Å². The van der Waals surface area contributed by atoms with Crippen LogP contribution >= 0.6 is 0 Å². The number of ether oxygens (including phenoxy) is 1. The summed E-state index contributed by atoms with van der Waals surface area (Å²) >= 11 is 0. The smallest absolute Gasteiger partial charge is 0.403 e. The number of nitrogens with zero attached hydrogens (tertiary/aromatic N) is 7. The molecular weight excluding hydrogens is 562 g/mol. The molecule has 1 aliphatic carbocycles. The van der Waals surface area contributed by atoms with Crippen molar-refractivity contribution in [1.29, 1.82) is 0 Å². The second-order valence-electron chi connectivity index (χ2n) is 9.41. The zero-order valence-electron chi connectivity index (χ0n) is 21.4. The molecule has 4 aromatic rings. The highest BCUT2D eigenvalue weighted by Crippen LogP contribution is 2.32. The van der Waals surface area contributed by atoms with Gasteiger partial charge in [-0.2, -0.15) is 19.7 Å². The summed E-state index contributed by atoms with van der Waals surface area (Å²) in [6.45, 7) is 0.145. The number of benzene rings is 2. The lowest BCUT2D eigenvalue weighted by Crippen LogP contribution is -2.30. The Labute approximate surface area is 233 Å². The van der Waals surface area contributed by atoms with Gasteiger partial charge in [-0.1, -0.05) is 18.2 Å². The molecule has 0 bridgehead atoms. The molecule has 2 amide bonds. The van der Waals surface area contributed by atoms with Crippen LogP contribution in [0.3, 0.4) is 0 Å². The van der Waals surface area contributed by atoms with E-state index >= 15 is 0 Å². The van der Waals surface area contributed by atoms with E-state index in [1.165, 1.54) is 23.0 Å². The predicted molar refractivity (Wildman–Crippen MR) is 136 cm³/mol. The van der Waals surface area contributed by atoms with E-state index in [0.717, 1.165) is 41.0 Å². The number of rotatable bonds is 7. The summed E-state index contributed by atoms with van der Waals surface area (Å²) in [6, 6.07) is 9.61. The largest absolute Gasteiger partial charge is 0.573 e. The quantitative estimate of drug-likeness (QED) is 0.318. The second kappa shape index (κ2) is 10.6. The molecule has 2 aromatic heterocycles. The first-order valence-electron chi connectivity index (χ1n) is 12.5. The Morgan fingerprint density at radius 3 is 2.74 bits per heavy atom. The fraction of sp³-hybridized carbons (Fsp3) is 0.231. The summed E-state index contributed by atoms with van der Waals surface area (Å²) in [5, 5.41) is 21.1. The van der Waals surface area contributed by atoms with Crippen molar-refractivity contribution in [2.75, 3.05) is 6.54 Å². The summed E-state index contributed by atoms with van der Waals surface area (Å²) in [6.07, 6.45) is -2.52. The van der Waals surface area contributed by atoms with Crippen LogP contribution in [0.15, 0.2) is 64.2 Å². The minimum atomic E-state index is -5.08. The molecule has 0 spiro atoms. The number of halogens is 4. The number of alkyl halides is 3. The fourth-order valence-electron chi connectivity index (χ4n) is 4.77. The maximum absolute atomic E-state index is 13.7. The number of nitrogens with one attached hydrogen (secondary N) is 2. The first-order chi connectivity index (χ1) is 20.1. The van der Waals surface area contributed by atoms with Crippen molar-refractivity contribution >= 4 is 23.3 Å². The average Bonchev–Trinajstić information content (AvgIpc) is 3.73. The van der Waals surface area contributed by atoms with Crippen LogP contribution in [-0.2, 0) is 13.0 Å². The molecule has 2 N–H and O–H groups in total. The van der Waals surface area contributed by atoms with E-state index < -0.39 is 29.7 Å². The standard InChI is InChI=1S/C26H19F4N9O3/c27-17-5-1-13(7-22(17)42-26(28,29)30)10-31-23(40)19-9-21(39-25(36-19)32-12-34-39)24(41)35-18-6-3-14-8-15(2-4-16(14)18)20-11-33-38-37-20/h1-2,4-5,7-9,12,18H,3,6,10-11H2,(H,31,40)(H,35,41)/t18-/m0/s1. The Morgan fingerprint density at radius 2 is 1.95 bits per heavy atom. The molecule has 1 atom stereocenters. The van der Waals surface area contributed by atoms with E-state index in [4.69, 9.17) is 0 Å². The molecule has 2 aliphatic rings. The monoisotopic (exact) mass is 581 g/mol. The van der Waals surface area contributed by atoms with Crippen molar-refractivity contribution < 1.29 is 31.9 Å². The molecule has 42 heavy (non-hydrogen) atoms. The Balaban J connectivity index is 1.18. The zero-order chi connectivity index (χ0) is 29.4.